The summed E-state index contributed by atoms with van der Waals surface area (Å²) in [7, 11) is 0. The SMILES string of the molecule is CCc1occc1CN1CCNCC1. The summed E-state index contributed by atoms with van der Waals surface area (Å²) in [4.78, 5) is 2.47. The standard InChI is InChI=1S/C11H18N2O/c1-2-11-10(3-8-14-11)9-13-6-4-12-5-7-13/h3,8,12H,2,4-7,9H2,1H3. The zero-order valence-corrected chi connectivity index (χ0v) is 8.75. The topological polar surface area (TPSA) is 28.4 Å². The van der Waals surface area contributed by atoms with Gasteiger partial charge < -0.3 is 9.73 Å². The van der Waals surface area contributed by atoms with Crippen molar-refractivity contribution in [3.63, 3.8) is 0 Å². The van der Waals surface area contributed by atoms with Gasteiger partial charge in [0, 0.05) is 44.7 Å². The quantitative estimate of drug-likeness (QED) is 0.785. The summed E-state index contributed by atoms with van der Waals surface area (Å²) < 4.78 is 5.41. The molecule has 1 aliphatic rings. The van der Waals surface area contributed by atoms with Gasteiger partial charge in [-0.25, -0.2) is 0 Å². The largest absolute Gasteiger partial charge is 0.469 e. The van der Waals surface area contributed by atoms with Gasteiger partial charge in [0.05, 0.1) is 6.26 Å². The molecular formula is C11H18N2O. The third-order valence-corrected chi connectivity index (χ3v) is 2.76. The molecule has 2 heterocycles. The number of nitrogens with zero attached hydrogens (tertiary/aromatic N) is 1. The highest BCUT2D eigenvalue weighted by Crippen LogP contribution is 2.13. The monoisotopic (exact) mass is 194 g/mol. The molecule has 3 heteroatoms. The van der Waals surface area contributed by atoms with E-state index in [9.17, 15) is 0 Å². The van der Waals surface area contributed by atoms with Crippen LogP contribution in [0.3, 0.4) is 0 Å². The molecule has 1 N–H and O–H groups in total. The van der Waals surface area contributed by atoms with Crippen LogP contribution >= 0.6 is 0 Å². The van der Waals surface area contributed by atoms with E-state index in [1.807, 2.05) is 0 Å². The Morgan fingerprint density at radius 2 is 2.21 bits per heavy atom. The first kappa shape index (κ1) is 9.74. The normalized spacial score (nSPS) is 18.6. The smallest absolute Gasteiger partial charge is 0.107 e. The summed E-state index contributed by atoms with van der Waals surface area (Å²) in [5.74, 6) is 1.14. The number of nitrogens with one attached hydrogen (secondary N) is 1. The highest BCUT2D eigenvalue weighted by atomic mass is 16.3. The van der Waals surface area contributed by atoms with Crippen LogP contribution in [-0.2, 0) is 13.0 Å². The van der Waals surface area contributed by atoms with E-state index in [4.69, 9.17) is 4.42 Å². The molecule has 2 rings (SSSR count). The van der Waals surface area contributed by atoms with Crippen LogP contribution in [0.15, 0.2) is 16.7 Å². The second kappa shape index (κ2) is 4.62. The van der Waals surface area contributed by atoms with Gasteiger partial charge in [-0.05, 0) is 6.07 Å². The number of hydrogen-bond acceptors (Lipinski definition) is 3. The van der Waals surface area contributed by atoms with E-state index >= 15 is 0 Å². The average molecular weight is 194 g/mol. The molecule has 1 aliphatic heterocycles. The first-order valence-electron chi connectivity index (χ1n) is 5.38. The van der Waals surface area contributed by atoms with Crippen molar-refractivity contribution in [2.24, 2.45) is 0 Å². The molecule has 0 bridgehead atoms. The van der Waals surface area contributed by atoms with E-state index in [1.165, 1.54) is 5.56 Å². The van der Waals surface area contributed by atoms with Crippen LogP contribution in [-0.4, -0.2) is 31.1 Å². The highest BCUT2D eigenvalue weighted by Gasteiger charge is 2.12. The highest BCUT2D eigenvalue weighted by molar-refractivity contribution is 5.16. The third kappa shape index (κ3) is 2.16. The lowest BCUT2D eigenvalue weighted by atomic mass is 10.2. The van der Waals surface area contributed by atoms with Crippen molar-refractivity contribution in [2.75, 3.05) is 26.2 Å². The van der Waals surface area contributed by atoms with Gasteiger partial charge in [-0.1, -0.05) is 6.92 Å². The Balaban J connectivity index is 1.95. The van der Waals surface area contributed by atoms with Gasteiger partial charge in [0.2, 0.25) is 0 Å². The molecule has 0 amide bonds. The van der Waals surface area contributed by atoms with E-state index < -0.39 is 0 Å². The van der Waals surface area contributed by atoms with Gasteiger partial charge in [0.1, 0.15) is 5.76 Å². The molecule has 0 spiro atoms. The van der Waals surface area contributed by atoms with E-state index in [0.717, 1.165) is 44.9 Å². The van der Waals surface area contributed by atoms with E-state index in [1.54, 1.807) is 6.26 Å². The van der Waals surface area contributed by atoms with Crippen molar-refractivity contribution in [3.05, 3.63) is 23.7 Å². The van der Waals surface area contributed by atoms with Crippen molar-refractivity contribution < 1.29 is 4.42 Å². The van der Waals surface area contributed by atoms with Gasteiger partial charge in [0.25, 0.3) is 0 Å². The second-order valence-electron chi connectivity index (χ2n) is 3.75. The first-order valence-corrected chi connectivity index (χ1v) is 5.38. The summed E-state index contributed by atoms with van der Waals surface area (Å²) in [5, 5.41) is 3.36. The molecule has 0 unspecified atom stereocenters. The molecule has 0 atom stereocenters. The zero-order valence-electron chi connectivity index (χ0n) is 8.75. The van der Waals surface area contributed by atoms with Gasteiger partial charge in [0.15, 0.2) is 0 Å². The Kier molecular flexibility index (Phi) is 3.22. The Morgan fingerprint density at radius 1 is 1.43 bits per heavy atom. The number of furan rings is 1. The summed E-state index contributed by atoms with van der Waals surface area (Å²) in [6, 6.07) is 2.10. The Morgan fingerprint density at radius 3 is 2.93 bits per heavy atom. The van der Waals surface area contributed by atoms with Crippen molar-refractivity contribution in [2.45, 2.75) is 19.9 Å². The molecular weight excluding hydrogens is 176 g/mol. The van der Waals surface area contributed by atoms with Crippen LogP contribution < -0.4 is 5.32 Å². The van der Waals surface area contributed by atoms with Crippen LogP contribution in [0, 0.1) is 0 Å². The van der Waals surface area contributed by atoms with E-state index in [2.05, 4.69) is 23.2 Å². The molecule has 14 heavy (non-hydrogen) atoms. The Bertz CT molecular complexity index is 277. The van der Waals surface area contributed by atoms with Crippen molar-refractivity contribution in [1.29, 1.82) is 0 Å². The molecule has 0 saturated carbocycles. The maximum Gasteiger partial charge on any atom is 0.107 e. The fourth-order valence-corrected chi connectivity index (χ4v) is 1.93. The van der Waals surface area contributed by atoms with Crippen LogP contribution in [0.5, 0.6) is 0 Å². The first-order chi connectivity index (χ1) is 6.90. The summed E-state index contributed by atoms with van der Waals surface area (Å²) in [6.45, 7) is 7.70. The third-order valence-electron chi connectivity index (χ3n) is 2.76. The molecule has 0 radical (unpaired) electrons. The van der Waals surface area contributed by atoms with Crippen LogP contribution in [0.2, 0.25) is 0 Å². The van der Waals surface area contributed by atoms with Crippen molar-refractivity contribution in [3.8, 4) is 0 Å². The minimum Gasteiger partial charge on any atom is -0.469 e. The minimum atomic E-state index is 0.994. The molecule has 1 aromatic rings. The molecule has 1 fully saturated rings. The predicted octanol–water partition coefficient (Wildman–Crippen LogP) is 1.25. The molecule has 1 aromatic heterocycles. The Labute approximate surface area is 85.1 Å². The minimum absolute atomic E-state index is 0.994. The molecule has 3 nitrogen and oxygen atoms in total. The van der Waals surface area contributed by atoms with Crippen molar-refractivity contribution >= 4 is 0 Å². The van der Waals surface area contributed by atoms with Gasteiger partial charge in [-0.3, -0.25) is 4.90 Å². The zero-order chi connectivity index (χ0) is 9.80. The Hall–Kier alpha value is -0.800. The summed E-state index contributed by atoms with van der Waals surface area (Å²) in [6.07, 6.45) is 2.80. The second-order valence-corrected chi connectivity index (χ2v) is 3.75. The van der Waals surface area contributed by atoms with Gasteiger partial charge in [-0.15, -0.1) is 0 Å². The molecule has 0 aromatic carbocycles. The van der Waals surface area contributed by atoms with Crippen molar-refractivity contribution in [1.82, 2.24) is 10.2 Å². The van der Waals surface area contributed by atoms with Crippen LogP contribution in [0.25, 0.3) is 0 Å². The number of piperazine rings is 1. The lowest BCUT2D eigenvalue weighted by molar-refractivity contribution is 0.231. The maximum absolute atomic E-state index is 5.41. The average Bonchev–Trinajstić information content (AvgIpc) is 2.67. The summed E-state index contributed by atoms with van der Waals surface area (Å²) >= 11 is 0. The predicted molar refractivity (Wildman–Crippen MR) is 56.2 cm³/mol. The maximum atomic E-state index is 5.41. The van der Waals surface area contributed by atoms with E-state index in [-0.39, 0.29) is 0 Å². The number of rotatable bonds is 3. The fourth-order valence-electron chi connectivity index (χ4n) is 1.93. The number of hydrogen-bond donors (Lipinski definition) is 1. The summed E-state index contributed by atoms with van der Waals surface area (Å²) in [5.41, 5.74) is 1.36. The fraction of sp³-hybridized carbons (Fsp3) is 0.636. The lowest BCUT2D eigenvalue weighted by Gasteiger charge is -2.26. The van der Waals surface area contributed by atoms with Gasteiger partial charge in [-0.2, -0.15) is 0 Å². The molecule has 78 valence electrons. The van der Waals surface area contributed by atoms with Crippen LogP contribution in [0.4, 0.5) is 0 Å². The lowest BCUT2D eigenvalue weighted by Crippen LogP contribution is -2.42. The molecule has 0 aliphatic carbocycles. The van der Waals surface area contributed by atoms with Crippen LogP contribution in [0.1, 0.15) is 18.2 Å². The van der Waals surface area contributed by atoms with E-state index in [0.29, 0.717) is 0 Å². The molecule has 1 saturated heterocycles. The van der Waals surface area contributed by atoms with Gasteiger partial charge >= 0.3 is 0 Å². The number of aryl methyl sites for hydroxylation is 1.